The molecule has 8 heteroatoms. The van der Waals surface area contributed by atoms with Crippen molar-refractivity contribution in [3.8, 4) is 5.75 Å². The van der Waals surface area contributed by atoms with Crippen LogP contribution in [-0.4, -0.2) is 17.5 Å². The van der Waals surface area contributed by atoms with E-state index in [1.54, 1.807) is 19.1 Å². The van der Waals surface area contributed by atoms with E-state index in [0.717, 1.165) is 0 Å². The monoisotopic (exact) mass is 360 g/mol. The molecular formula is C15H12Cl2F2N2O2. The fraction of sp³-hybridized carbons (Fsp3) is 0.200. The Morgan fingerprint density at radius 1 is 1.35 bits per heavy atom. The molecule has 0 aliphatic carbocycles. The van der Waals surface area contributed by atoms with E-state index < -0.39 is 12.5 Å². The lowest BCUT2D eigenvalue weighted by molar-refractivity contribution is -0.115. The number of ether oxygens (including phenoxy) is 1. The number of rotatable bonds is 5. The van der Waals surface area contributed by atoms with Crippen molar-refractivity contribution in [2.24, 2.45) is 0 Å². The number of para-hydroxylation sites is 2. The van der Waals surface area contributed by atoms with Crippen LogP contribution in [0.15, 0.2) is 30.3 Å². The summed E-state index contributed by atoms with van der Waals surface area (Å²) in [6.07, 6.45) is -0.145. The zero-order valence-corrected chi connectivity index (χ0v) is 13.5. The molecule has 122 valence electrons. The van der Waals surface area contributed by atoms with Crippen molar-refractivity contribution in [1.29, 1.82) is 0 Å². The Labute approximate surface area is 141 Å². The van der Waals surface area contributed by atoms with Crippen LogP contribution in [0.3, 0.4) is 0 Å². The molecule has 0 fully saturated rings. The molecule has 1 heterocycles. The maximum Gasteiger partial charge on any atom is 0.387 e. The standard InChI is InChI=1S/C15H12Cl2F2N2O2/c1-8-6-10(16)9(14(17)20-8)7-13(22)21-11-4-2-3-5-12(11)23-15(18)19/h2-6,15H,7H2,1H3,(H,21,22). The Hall–Kier alpha value is -1.92. The van der Waals surface area contributed by atoms with Crippen LogP contribution >= 0.6 is 23.2 Å². The van der Waals surface area contributed by atoms with E-state index in [-0.39, 0.29) is 23.0 Å². The number of aromatic nitrogens is 1. The molecule has 0 saturated heterocycles. The third-order valence-corrected chi connectivity index (χ3v) is 3.51. The van der Waals surface area contributed by atoms with Crippen molar-refractivity contribution < 1.29 is 18.3 Å². The fourth-order valence-corrected chi connectivity index (χ4v) is 2.57. The zero-order chi connectivity index (χ0) is 17.0. The highest BCUT2D eigenvalue weighted by Gasteiger charge is 2.15. The van der Waals surface area contributed by atoms with Gasteiger partial charge in [0, 0.05) is 16.3 Å². The van der Waals surface area contributed by atoms with Crippen LogP contribution in [0, 0.1) is 6.92 Å². The first kappa shape index (κ1) is 17.4. The van der Waals surface area contributed by atoms with Gasteiger partial charge in [0.2, 0.25) is 5.91 Å². The van der Waals surface area contributed by atoms with Crippen molar-refractivity contribution in [2.75, 3.05) is 5.32 Å². The average molecular weight is 361 g/mol. The van der Waals surface area contributed by atoms with Gasteiger partial charge < -0.3 is 10.1 Å². The van der Waals surface area contributed by atoms with Crippen LogP contribution < -0.4 is 10.1 Å². The minimum atomic E-state index is -2.99. The highest BCUT2D eigenvalue weighted by atomic mass is 35.5. The Morgan fingerprint density at radius 3 is 2.70 bits per heavy atom. The van der Waals surface area contributed by atoms with Crippen molar-refractivity contribution in [1.82, 2.24) is 4.98 Å². The summed E-state index contributed by atoms with van der Waals surface area (Å²) >= 11 is 12.0. The van der Waals surface area contributed by atoms with Crippen LogP contribution in [0.4, 0.5) is 14.5 Å². The van der Waals surface area contributed by atoms with Gasteiger partial charge in [-0.1, -0.05) is 35.3 Å². The van der Waals surface area contributed by atoms with Crippen molar-refractivity contribution in [3.63, 3.8) is 0 Å². The number of amides is 1. The minimum absolute atomic E-state index is 0.127. The number of alkyl halides is 2. The number of nitrogens with one attached hydrogen (secondary N) is 1. The van der Waals surface area contributed by atoms with Crippen molar-refractivity contribution >= 4 is 34.8 Å². The molecule has 0 spiro atoms. The maximum absolute atomic E-state index is 12.4. The lowest BCUT2D eigenvalue weighted by atomic mass is 10.2. The van der Waals surface area contributed by atoms with Crippen molar-refractivity contribution in [2.45, 2.75) is 20.0 Å². The Balaban J connectivity index is 2.15. The van der Waals surface area contributed by atoms with Gasteiger partial charge in [0.05, 0.1) is 12.1 Å². The summed E-state index contributed by atoms with van der Waals surface area (Å²) in [6.45, 7) is -1.27. The number of anilines is 1. The average Bonchev–Trinajstić information content (AvgIpc) is 2.44. The number of hydrogen-bond acceptors (Lipinski definition) is 3. The molecule has 1 aromatic heterocycles. The van der Waals surface area contributed by atoms with Crippen LogP contribution in [0.2, 0.25) is 10.2 Å². The first-order chi connectivity index (χ1) is 10.9. The Kier molecular flexibility index (Phi) is 5.74. The van der Waals surface area contributed by atoms with Gasteiger partial charge in [-0.05, 0) is 25.1 Å². The first-order valence-electron chi connectivity index (χ1n) is 6.52. The predicted octanol–water partition coefficient (Wildman–Crippen LogP) is 4.48. The van der Waals surface area contributed by atoms with Gasteiger partial charge >= 0.3 is 6.61 Å². The first-order valence-corrected chi connectivity index (χ1v) is 7.27. The second kappa shape index (κ2) is 7.57. The van der Waals surface area contributed by atoms with Crippen LogP contribution in [0.5, 0.6) is 5.75 Å². The number of pyridine rings is 1. The molecule has 1 aromatic carbocycles. The largest absolute Gasteiger partial charge is 0.433 e. The topological polar surface area (TPSA) is 51.2 Å². The summed E-state index contributed by atoms with van der Waals surface area (Å²) in [7, 11) is 0. The Bertz CT molecular complexity index is 703. The number of halogens is 4. The van der Waals surface area contributed by atoms with E-state index in [1.165, 1.54) is 18.2 Å². The molecular weight excluding hydrogens is 349 g/mol. The lowest BCUT2D eigenvalue weighted by Crippen LogP contribution is -2.16. The number of nitrogens with zero attached hydrogens (tertiary/aromatic N) is 1. The molecule has 2 aromatic rings. The van der Waals surface area contributed by atoms with E-state index in [1.807, 2.05) is 0 Å². The van der Waals surface area contributed by atoms with Crippen LogP contribution in [-0.2, 0) is 11.2 Å². The number of aryl methyl sites for hydroxylation is 1. The van der Waals surface area contributed by atoms with E-state index in [9.17, 15) is 13.6 Å². The van der Waals surface area contributed by atoms with Gasteiger partial charge in [0.1, 0.15) is 10.9 Å². The second-order valence-corrected chi connectivity index (χ2v) is 5.38. The fourth-order valence-electron chi connectivity index (χ4n) is 1.90. The molecule has 0 unspecified atom stereocenters. The van der Waals surface area contributed by atoms with Gasteiger partial charge in [-0.2, -0.15) is 8.78 Å². The summed E-state index contributed by atoms with van der Waals surface area (Å²) in [4.78, 5) is 16.1. The highest BCUT2D eigenvalue weighted by molar-refractivity contribution is 6.35. The molecule has 2 rings (SSSR count). The molecule has 4 nitrogen and oxygen atoms in total. The molecule has 0 bridgehead atoms. The quantitative estimate of drug-likeness (QED) is 0.799. The van der Waals surface area contributed by atoms with E-state index in [4.69, 9.17) is 23.2 Å². The van der Waals surface area contributed by atoms with E-state index in [0.29, 0.717) is 16.3 Å². The maximum atomic E-state index is 12.4. The third kappa shape index (κ3) is 4.77. The zero-order valence-electron chi connectivity index (χ0n) is 11.9. The lowest BCUT2D eigenvalue weighted by Gasteiger charge is -2.12. The van der Waals surface area contributed by atoms with Crippen molar-refractivity contribution in [3.05, 3.63) is 51.8 Å². The molecule has 0 saturated carbocycles. The van der Waals surface area contributed by atoms with Gasteiger partial charge in [-0.15, -0.1) is 0 Å². The minimum Gasteiger partial charge on any atom is -0.433 e. The normalized spacial score (nSPS) is 10.7. The summed E-state index contributed by atoms with van der Waals surface area (Å²) < 4.78 is 29.0. The summed E-state index contributed by atoms with van der Waals surface area (Å²) in [5, 5.41) is 2.93. The molecule has 0 aliphatic heterocycles. The number of hydrogen-bond donors (Lipinski definition) is 1. The molecule has 1 amide bonds. The highest BCUT2D eigenvalue weighted by Crippen LogP contribution is 2.27. The molecule has 0 radical (unpaired) electrons. The summed E-state index contributed by atoms with van der Waals surface area (Å²) in [6, 6.07) is 7.47. The van der Waals surface area contributed by atoms with Crippen LogP contribution in [0.1, 0.15) is 11.3 Å². The molecule has 1 N–H and O–H groups in total. The van der Waals surface area contributed by atoms with Gasteiger partial charge in [-0.25, -0.2) is 4.98 Å². The number of carbonyl (C=O) groups excluding carboxylic acids is 1. The summed E-state index contributed by atoms with van der Waals surface area (Å²) in [5.41, 5.74) is 1.12. The summed E-state index contributed by atoms with van der Waals surface area (Å²) in [5.74, 6) is -0.611. The number of carbonyl (C=O) groups is 1. The number of benzene rings is 1. The van der Waals surface area contributed by atoms with Gasteiger partial charge in [-0.3, -0.25) is 4.79 Å². The van der Waals surface area contributed by atoms with Gasteiger partial charge in [0.15, 0.2) is 0 Å². The second-order valence-electron chi connectivity index (χ2n) is 4.61. The SMILES string of the molecule is Cc1cc(Cl)c(CC(=O)Nc2ccccc2OC(F)F)c(Cl)n1. The molecule has 0 aliphatic rings. The van der Waals surface area contributed by atoms with Crippen LogP contribution in [0.25, 0.3) is 0 Å². The van der Waals surface area contributed by atoms with Gasteiger partial charge in [0.25, 0.3) is 0 Å². The predicted molar refractivity (Wildman–Crippen MR) is 84.4 cm³/mol. The molecule has 0 atom stereocenters. The Morgan fingerprint density at radius 2 is 2.04 bits per heavy atom. The smallest absolute Gasteiger partial charge is 0.387 e. The third-order valence-electron chi connectivity index (χ3n) is 2.86. The van der Waals surface area contributed by atoms with E-state index >= 15 is 0 Å². The van der Waals surface area contributed by atoms with E-state index in [2.05, 4.69) is 15.0 Å². The molecule has 23 heavy (non-hydrogen) atoms.